The number of hydrogen-bond acceptors (Lipinski definition) is 3. The monoisotopic (exact) mass is 348 g/mol. The van der Waals surface area contributed by atoms with Gasteiger partial charge in [0.25, 0.3) is 0 Å². The zero-order chi connectivity index (χ0) is 14.1. The molecule has 20 heavy (non-hydrogen) atoms. The van der Waals surface area contributed by atoms with E-state index >= 15 is 0 Å². The summed E-state index contributed by atoms with van der Waals surface area (Å²) in [6, 6.07) is 12.7. The zero-order valence-corrected chi connectivity index (χ0v) is 12.7. The van der Waals surface area contributed by atoms with E-state index in [1.807, 2.05) is 30.3 Å². The van der Waals surface area contributed by atoms with E-state index < -0.39 is 0 Å². The zero-order valence-electron chi connectivity index (χ0n) is 10.3. The van der Waals surface area contributed by atoms with E-state index in [4.69, 9.17) is 5.73 Å². The molecule has 0 aliphatic heterocycles. The van der Waals surface area contributed by atoms with E-state index in [1.54, 1.807) is 12.3 Å². The lowest BCUT2D eigenvalue weighted by Gasteiger charge is -2.10. The average molecular weight is 349 g/mol. The lowest BCUT2D eigenvalue weighted by molar-refractivity contribution is 0.605. The fourth-order valence-corrected chi connectivity index (χ4v) is 3.42. The van der Waals surface area contributed by atoms with E-state index in [0.717, 1.165) is 14.8 Å². The summed E-state index contributed by atoms with van der Waals surface area (Å²) < 4.78 is 15.2. The van der Waals surface area contributed by atoms with Gasteiger partial charge < -0.3 is 5.73 Å². The molecule has 0 saturated heterocycles. The van der Waals surface area contributed by atoms with E-state index in [-0.39, 0.29) is 5.82 Å². The number of nitrogen functional groups attached to an aromatic ring is 1. The highest BCUT2D eigenvalue weighted by Crippen LogP contribution is 2.39. The summed E-state index contributed by atoms with van der Waals surface area (Å²) in [5.41, 5.74) is 6.84. The van der Waals surface area contributed by atoms with Crippen LogP contribution in [-0.2, 0) is 0 Å². The van der Waals surface area contributed by atoms with Gasteiger partial charge in [-0.1, -0.05) is 23.9 Å². The van der Waals surface area contributed by atoms with E-state index in [0.29, 0.717) is 16.1 Å². The third kappa shape index (κ3) is 2.39. The lowest BCUT2D eigenvalue weighted by Crippen LogP contribution is -1.94. The first kappa shape index (κ1) is 13.4. The minimum Gasteiger partial charge on any atom is -0.398 e. The number of nitrogens with two attached hydrogens (primary N) is 1. The molecule has 100 valence electrons. The van der Waals surface area contributed by atoms with Gasteiger partial charge in [0.05, 0.1) is 10.4 Å². The predicted molar refractivity (Wildman–Crippen MR) is 84.4 cm³/mol. The molecule has 0 atom stereocenters. The summed E-state index contributed by atoms with van der Waals surface area (Å²) in [7, 11) is 0. The second-order valence-electron chi connectivity index (χ2n) is 4.21. The third-order valence-corrected chi connectivity index (χ3v) is 5.00. The van der Waals surface area contributed by atoms with E-state index in [2.05, 4.69) is 20.9 Å². The SMILES string of the molecule is Nc1cc(F)c(Sc2ccccc2Br)c2ncccc12. The van der Waals surface area contributed by atoms with Gasteiger partial charge in [-0.3, -0.25) is 4.98 Å². The third-order valence-electron chi connectivity index (χ3n) is 2.88. The molecule has 1 aromatic heterocycles. The van der Waals surface area contributed by atoms with Crippen molar-refractivity contribution in [3.8, 4) is 0 Å². The van der Waals surface area contributed by atoms with Crippen molar-refractivity contribution in [2.45, 2.75) is 9.79 Å². The fraction of sp³-hybridized carbons (Fsp3) is 0. The molecule has 5 heteroatoms. The second-order valence-corrected chi connectivity index (χ2v) is 6.12. The van der Waals surface area contributed by atoms with Crippen LogP contribution in [-0.4, -0.2) is 4.98 Å². The molecular formula is C15H10BrFN2S. The Morgan fingerprint density at radius 3 is 2.75 bits per heavy atom. The van der Waals surface area contributed by atoms with Gasteiger partial charge >= 0.3 is 0 Å². The molecule has 0 aliphatic rings. The van der Waals surface area contributed by atoms with Crippen molar-refractivity contribution in [2.75, 3.05) is 5.73 Å². The molecule has 3 rings (SSSR count). The number of rotatable bonds is 2. The van der Waals surface area contributed by atoms with Crippen molar-refractivity contribution in [1.82, 2.24) is 4.98 Å². The standard InChI is InChI=1S/C15H10BrFN2S/c16-10-5-1-2-6-13(10)20-15-11(17)8-12(18)9-4-3-7-19-14(9)15/h1-8H,18H2. The molecule has 0 spiro atoms. The molecule has 1 heterocycles. The lowest BCUT2D eigenvalue weighted by atomic mass is 10.2. The molecule has 0 amide bonds. The van der Waals surface area contributed by atoms with Crippen molar-refractivity contribution >= 4 is 44.3 Å². The quantitative estimate of drug-likeness (QED) is 0.671. The average Bonchev–Trinajstić information content (AvgIpc) is 2.45. The number of hydrogen-bond donors (Lipinski definition) is 1. The number of fused-ring (bicyclic) bond motifs is 1. The summed E-state index contributed by atoms with van der Waals surface area (Å²) in [5.74, 6) is -0.352. The minimum atomic E-state index is -0.352. The maximum Gasteiger partial charge on any atom is 0.141 e. The first-order valence-electron chi connectivity index (χ1n) is 5.92. The largest absolute Gasteiger partial charge is 0.398 e. The Balaban J connectivity index is 2.19. The van der Waals surface area contributed by atoms with Crippen LogP contribution in [0.25, 0.3) is 10.9 Å². The van der Waals surface area contributed by atoms with Crippen LogP contribution in [0.1, 0.15) is 0 Å². The smallest absolute Gasteiger partial charge is 0.141 e. The van der Waals surface area contributed by atoms with Crippen LogP contribution >= 0.6 is 27.7 Å². The normalized spacial score (nSPS) is 10.9. The predicted octanol–water partition coefficient (Wildman–Crippen LogP) is 4.87. The van der Waals surface area contributed by atoms with Crippen LogP contribution in [0.3, 0.4) is 0 Å². The number of halogens is 2. The first-order chi connectivity index (χ1) is 9.66. The highest BCUT2D eigenvalue weighted by molar-refractivity contribution is 9.10. The summed E-state index contributed by atoms with van der Waals surface area (Å²) in [4.78, 5) is 5.69. The fourth-order valence-electron chi connectivity index (χ4n) is 1.95. The van der Waals surface area contributed by atoms with Crippen LogP contribution in [0.4, 0.5) is 10.1 Å². The Morgan fingerprint density at radius 2 is 1.95 bits per heavy atom. The number of benzene rings is 2. The summed E-state index contributed by atoms with van der Waals surface area (Å²) in [6.07, 6.45) is 1.64. The van der Waals surface area contributed by atoms with Crippen molar-refractivity contribution in [3.63, 3.8) is 0 Å². The molecule has 2 aromatic carbocycles. The van der Waals surface area contributed by atoms with Gasteiger partial charge in [-0.2, -0.15) is 0 Å². The molecule has 0 unspecified atom stereocenters. The van der Waals surface area contributed by atoms with Crippen LogP contribution in [0.5, 0.6) is 0 Å². The van der Waals surface area contributed by atoms with Crippen LogP contribution in [0.2, 0.25) is 0 Å². The van der Waals surface area contributed by atoms with Gasteiger partial charge in [0.15, 0.2) is 0 Å². The molecule has 2 nitrogen and oxygen atoms in total. The Bertz CT molecular complexity index is 792. The summed E-state index contributed by atoms with van der Waals surface area (Å²) in [6.45, 7) is 0. The van der Waals surface area contributed by atoms with Gasteiger partial charge in [0.2, 0.25) is 0 Å². The Kier molecular flexibility index (Phi) is 3.63. The molecule has 0 aliphatic carbocycles. The van der Waals surface area contributed by atoms with Gasteiger partial charge in [-0.05, 0) is 46.3 Å². The van der Waals surface area contributed by atoms with Crippen LogP contribution in [0, 0.1) is 5.82 Å². The molecule has 0 radical (unpaired) electrons. The number of pyridine rings is 1. The molecular weight excluding hydrogens is 339 g/mol. The van der Waals surface area contributed by atoms with Crippen molar-refractivity contribution in [3.05, 3.63) is 59.0 Å². The van der Waals surface area contributed by atoms with Gasteiger partial charge in [0, 0.05) is 26.6 Å². The van der Waals surface area contributed by atoms with Gasteiger partial charge in [-0.15, -0.1) is 0 Å². The summed E-state index contributed by atoms with van der Waals surface area (Å²) in [5, 5.41) is 0.767. The highest BCUT2D eigenvalue weighted by Gasteiger charge is 2.14. The number of anilines is 1. The van der Waals surface area contributed by atoms with Gasteiger partial charge in [0.1, 0.15) is 5.82 Å². The number of aromatic nitrogens is 1. The minimum absolute atomic E-state index is 0.352. The Morgan fingerprint density at radius 1 is 1.15 bits per heavy atom. The van der Waals surface area contributed by atoms with Crippen molar-refractivity contribution in [2.24, 2.45) is 0 Å². The highest BCUT2D eigenvalue weighted by atomic mass is 79.9. The van der Waals surface area contributed by atoms with E-state index in [1.165, 1.54) is 17.8 Å². The number of nitrogens with zero attached hydrogens (tertiary/aromatic N) is 1. The van der Waals surface area contributed by atoms with Crippen molar-refractivity contribution in [1.29, 1.82) is 0 Å². The maximum atomic E-state index is 14.2. The van der Waals surface area contributed by atoms with Crippen LogP contribution < -0.4 is 5.73 Å². The Hall–Kier alpha value is -1.59. The molecule has 0 fully saturated rings. The second kappa shape index (κ2) is 5.42. The van der Waals surface area contributed by atoms with Gasteiger partial charge in [-0.25, -0.2) is 4.39 Å². The maximum absolute atomic E-state index is 14.2. The van der Waals surface area contributed by atoms with E-state index in [9.17, 15) is 4.39 Å². The molecule has 3 aromatic rings. The first-order valence-corrected chi connectivity index (χ1v) is 7.53. The topological polar surface area (TPSA) is 38.9 Å². The Labute approximate surface area is 128 Å². The molecule has 0 bridgehead atoms. The summed E-state index contributed by atoms with van der Waals surface area (Å²) >= 11 is 4.81. The van der Waals surface area contributed by atoms with Crippen LogP contribution in [0.15, 0.2) is 62.9 Å². The van der Waals surface area contributed by atoms with Crippen molar-refractivity contribution < 1.29 is 4.39 Å². The molecule has 2 N–H and O–H groups in total. The molecule has 0 saturated carbocycles.